The Hall–Kier alpha value is -0.320. The molecule has 2 unspecified atom stereocenters. The zero-order chi connectivity index (χ0) is 9.41. The lowest BCUT2D eigenvalue weighted by Crippen LogP contribution is -2.45. The summed E-state index contributed by atoms with van der Waals surface area (Å²) in [6.45, 7) is -0.726. The molecule has 1 rings (SSSR count). The Balaban J connectivity index is 2.82. The van der Waals surface area contributed by atoms with Crippen LogP contribution in [0.1, 0.15) is 19.3 Å². The van der Waals surface area contributed by atoms with Gasteiger partial charge in [0.15, 0.2) is 0 Å². The van der Waals surface area contributed by atoms with Crippen LogP contribution in [-0.2, 0) is 0 Å². The summed E-state index contributed by atoms with van der Waals surface area (Å²) in [6, 6.07) is 0. The Labute approximate surface area is 67.4 Å². The smallest absolute Gasteiger partial charge is 0.396 e. The first-order valence-corrected chi connectivity index (χ1v) is 3.78. The zero-order valence-electron chi connectivity index (χ0n) is 6.36. The number of hydrogen-bond acceptors (Lipinski definition) is 1. The van der Waals surface area contributed by atoms with E-state index in [1.165, 1.54) is 0 Å². The van der Waals surface area contributed by atoms with E-state index in [9.17, 15) is 17.6 Å². The molecule has 0 radical (unpaired) electrons. The predicted molar refractivity (Wildman–Crippen MR) is 34.3 cm³/mol. The van der Waals surface area contributed by atoms with E-state index in [4.69, 9.17) is 5.11 Å². The minimum atomic E-state index is -4.84. The van der Waals surface area contributed by atoms with E-state index in [0.29, 0.717) is 0 Å². The van der Waals surface area contributed by atoms with Crippen molar-refractivity contribution in [3.8, 4) is 0 Å². The summed E-state index contributed by atoms with van der Waals surface area (Å²) >= 11 is 0. The minimum absolute atomic E-state index is 0.118. The zero-order valence-corrected chi connectivity index (χ0v) is 6.36. The van der Waals surface area contributed by atoms with Gasteiger partial charge >= 0.3 is 6.18 Å². The van der Waals surface area contributed by atoms with E-state index >= 15 is 0 Å². The van der Waals surface area contributed by atoms with Crippen LogP contribution >= 0.6 is 0 Å². The molecular weight excluding hydrogens is 176 g/mol. The SMILES string of the molecule is OCC1CCCC1(F)C(F)(F)F. The largest absolute Gasteiger partial charge is 0.422 e. The van der Waals surface area contributed by atoms with Crippen molar-refractivity contribution < 1.29 is 22.7 Å². The molecule has 0 amide bonds. The van der Waals surface area contributed by atoms with E-state index in [1.807, 2.05) is 0 Å². The number of alkyl halides is 4. The Morgan fingerprint density at radius 2 is 2.00 bits per heavy atom. The monoisotopic (exact) mass is 186 g/mol. The van der Waals surface area contributed by atoms with E-state index < -0.39 is 30.8 Å². The first-order valence-electron chi connectivity index (χ1n) is 3.78. The van der Waals surface area contributed by atoms with Crippen LogP contribution in [0.4, 0.5) is 17.6 Å². The van der Waals surface area contributed by atoms with Crippen LogP contribution in [0.3, 0.4) is 0 Å². The summed E-state index contributed by atoms with van der Waals surface area (Å²) in [5.74, 6) is -1.27. The van der Waals surface area contributed by atoms with E-state index in [2.05, 4.69) is 0 Å². The molecule has 12 heavy (non-hydrogen) atoms. The number of hydrogen-bond donors (Lipinski definition) is 1. The van der Waals surface area contributed by atoms with Crippen molar-refractivity contribution in [2.75, 3.05) is 6.61 Å². The van der Waals surface area contributed by atoms with Crippen molar-refractivity contribution in [3.05, 3.63) is 0 Å². The van der Waals surface area contributed by atoms with Crippen LogP contribution in [-0.4, -0.2) is 23.6 Å². The first kappa shape index (κ1) is 9.77. The molecule has 5 heteroatoms. The minimum Gasteiger partial charge on any atom is -0.396 e. The topological polar surface area (TPSA) is 20.2 Å². The molecule has 0 heterocycles. The molecule has 0 bridgehead atoms. The number of aliphatic hydroxyl groups is 1. The third-order valence-corrected chi connectivity index (χ3v) is 2.43. The van der Waals surface area contributed by atoms with Crippen molar-refractivity contribution in [1.29, 1.82) is 0 Å². The lowest BCUT2D eigenvalue weighted by Gasteiger charge is -2.28. The van der Waals surface area contributed by atoms with Gasteiger partial charge in [-0.2, -0.15) is 13.2 Å². The summed E-state index contributed by atoms with van der Waals surface area (Å²) in [7, 11) is 0. The number of rotatable bonds is 1. The van der Waals surface area contributed by atoms with Crippen LogP contribution in [0.2, 0.25) is 0 Å². The average molecular weight is 186 g/mol. The van der Waals surface area contributed by atoms with Gasteiger partial charge in [0.05, 0.1) is 0 Å². The quantitative estimate of drug-likeness (QED) is 0.621. The fraction of sp³-hybridized carbons (Fsp3) is 1.00. The lowest BCUT2D eigenvalue weighted by molar-refractivity contribution is -0.245. The van der Waals surface area contributed by atoms with E-state index in [0.717, 1.165) is 0 Å². The van der Waals surface area contributed by atoms with E-state index in [-0.39, 0.29) is 12.8 Å². The third kappa shape index (κ3) is 1.30. The maximum absolute atomic E-state index is 13.2. The molecule has 1 nitrogen and oxygen atoms in total. The molecule has 72 valence electrons. The van der Waals surface area contributed by atoms with Gasteiger partial charge in [0.25, 0.3) is 0 Å². The van der Waals surface area contributed by atoms with Crippen molar-refractivity contribution >= 4 is 0 Å². The Morgan fingerprint density at radius 1 is 1.42 bits per heavy atom. The van der Waals surface area contributed by atoms with Crippen molar-refractivity contribution in [1.82, 2.24) is 0 Å². The molecule has 1 saturated carbocycles. The van der Waals surface area contributed by atoms with Crippen LogP contribution < -0.4 is 0 Å². The van der Waals surface area contributed by atoms with Gasteiger partial charge < -0.3 is 5.11 Å². The third-order valence-electron chi connectivity index (χ3n) is 2.43. The van der Waals surface area contributed by atoms with Crippen molar-refractivity contribution in [2.45, 2.75) is 31.1 Å². The number of halogens is 4. The second kappa shape index (κ2) is 2.87. The highest BCUT2D eigenvalue weighted by Crippen LogP contribution is 2.49. The van der Waals surface area contributed by atoms with Gasteiger partial charge in [-0.3, -0.25) is 0 Å². The number of aliphatic hydroxyl groups excluding tert-OH is 1. The summed E-state index contributed by atoms with van der Waals surface area (Å²) in [5.41, 5.74) is -3.15. The van der Waals surface area contributed by atoms with Gasteiger partial charge in [-0.25, -0.2) is 4.39 Å². The fourth-order valence-corrected chi connectivity index (χ4v) is 1.65. The fourth-order valence-electron chi connectivity index (χ4n) is 1.65. The summed E-state index contributed by atoms with van der Waals surface area (Å²) in [5, 5.41) is 8.52. The molecule has 0 aromatic rings. The van der Waals surface area contributed by atoms with Crippen LogP contribution in [0.5, 0.6) is 0 Å². The predicted octanol–water partition coefficient (Wildman–Crippen LogP) is 2.05. The molecule has 1 aliphatic rings. The van der Waals surface area contributed by atoms with E-state index in [1.54, 1.807) is 0 Å². The van der Waals surface area contributed by atoms with Crippen LogP contribution in [0.15, 0.2) is 0 Å². The van der Waals surface area contributed by atoms with Gasteiger partial charge in [-0.1, -0.05) is 0 Å². The molecule has 1 fully saturated rings. The highest BCUT2D eigenvalue weighted by molar-refractivity contribution is 4.98. The second-order valence-electron chi connectivity index (χ2n) is 3.13. The van der Waals surface area contributed by atoms with Gasteiger partial charge in [0.2, 0.25) is 5.67 Å². The maximum atomic E-state index is 13.2. The molecule has 2 atom stereocenters. The van der Waals surface area contributed by atoms with Crippen LogP contribution in [0.25, 0.3) is 0 Å². The average Bonchev–Trinajstić information content (AvgIpc) is 2.30. The Bertz CT molecular complexity index is 167. The molecule has 0 spiro atoms. The van der Waals surface area contributed by atoms with Gasteiger partial charge in [-0.15, -0.1) is 0 Å². The molecular formula is C7H10F4O. The van der Waals surface area contributed by atoms with Gasteiger partial charge in [0, 0.05) is 12.5 Å². The molecule has 0 saturated heterocycles. The van der Waals surface area contributed by atoms with Gasteiger partial charge in [-0.05, 0) is 19.3 Å². The standard InChI is InChI=1S/C7H10F4O/c8-6(7(9,10)11)3-1-2-5(6)4-12/h5,12H,1-4H2. The second-order valence-corrected chi connectivity index (χ2v) is 3.13. The molecule has 0 aliphatic heterocycles. The summed E-state index contributed by atoms with van der Waals surface area (Å²) < 4.78 is 49.5. The maximum Gasteiger partial charge on any atom is 0.422 e. The summed E-state index contributed by atoms with van der Waals surface area (Å²) in [4.78, 5) is 0. The lowest BCUT2D eigenvalue weighted by atomic mass is 9.93. The normalized spacial score (nSPS) is 37.2. The molecule has 1 N–H and O–H groups in total. The first-order chi connectivity index (χ1) is 5.42. The van der Waals surface area contributed by atoms with Crippen molar-refractivity contribution in [3.63, 3.8) is 0 Å². The van der Waals surface area contributed by atoms with Crippen LogP contribution in [0, 0.1) is 5.92 Å². The van der Waals surface area contributed by atoms with Gasteiger partial charge in [0.1, 0.15) is 0 Å². The molecule has 1 aliphatic carbocycles. The Kier molecular flexibility index (Phi) is 2.33. The highest BCUT2D eigenvalue weighted by Gasteiger charge is 2.62. The Morgan fingerprint density at radius 3 is 2.33 bits per heavy atom. The molecule has 0 aromatic heterocycles. The summed E-state index contributed by atoms with van der Waals surface area (Å²) in [6.07, 6.45) is -5.04. The van der Waals surface area contributed by atoms with Crippen molar-refractivity contribution in [2.24, 2.45) is 5.92 Å². The molecule has 0 aromatic carbocycles. The highest BCUT2D eigenvalue weighted by atomic mass is 19.4.